The number of rotatable bonds is 9. The Morgan fingerprint density at radius 3 is 2.07 bits per heavy atom. The van der Waals surface area contributed by atoms with E-state index in [1.54, 1.807) is 12.1 Å². The van der Waals surface area contributed by atoms with Gasteiger partial charge in [0.1, 0.15) is 11.9 Å². The number of thiol groups is 1. The molecular weight excluding hydrogens is 399 g/mol. The zero-order valence-electron chi connectivity index (χ0n) is 15.3. The molecule has 154 valence electrons. The molecule has 0 radical (unpaired) electrons. The van der Waals surface area contributed by atoms with E-state index >= 15 is 0 Å². The minimum Gasteiger partial charge on any atom is -0.480 e. The molecule has 9 heteroatoms. The first-order valence-corrected chi connectivity index (χ1v) is 9.34. The molecule has 2 unspecified atom stereocenters. The van der Waals surface area contributed by atoms with Crippen LogP contribution in [-0.4, -0.2) is 45.9 Å². The second kappa shape index (κ2) is 10.0. The van der Waals surface area contributed by atoms with Crippen LogP contribution in [0.15, 0.2) is 54.6 Å². The van der Waals surface area contributed by atoms with Crippen molar-refractivity contribution >= 4 is 36.2 Å². The van der Waals surface area contributed by atoms with E-state index in [1.807, 2.05) is 18.2 Å². The molecule has 3 atom stereocenters. The van der Waals surface area contributed by atoms with Crippen molar-refractivity contribution in [1.82, 2.24) is 0 Å². The first-order chi connectivity index (χ1) is 13.8. The normalized spacial score (nSPS) is 13.9. The van der Waals surface area contributed by atoms with Gasteiger partial charge in [0, 0.05) is 11.4 Å². The highest BCUT2D eigenvalue weighted by Crippen LogP contribution is 2.24. The number of aliphatic carboxylic acids is 2. The first-order valence-electron chi connectivity index (χ1n) is 8.71. The number of hydrogen-bond acceptors (Lipinski definition) is 5. The lowest BCUT2D eigenvalue weighted by Crippen LogP contribution is -2.59. The minimum absolute atomic E-state index is 0.0281. The first kappa shape index (κ1) is 22.4. The van der Waals surface area contributed by atoms with Crippen LogP contribution in [0.4, 0.5) is 10.1 Å². The third-order valence-corrected chi connectivity index (χ3v) is 4.83. The van der Waals surface area contributed by atoms with Crippen LogP contribution < -0.4 is 10.6 Å². The Morgan fingerprint density at radius 2 is 1.59 bits per heavy atom. The zero-order valence-corrected chi connectivity index (χ0v) is 16.2. The number of halogens is 1. The molecule has 2 aromatic rings. The average molecular weight is 420 g/mol. The van der Waals surface area contributed by atoms with Crippen LogP contribution in [0.2, 0.25) is 0 Å². The summed E-state index contributed by atoms with van der Waals surface area (Å²) in [4.78, 5) is 37.4. The quantitative estimate of drug-likeness (QED) is 0.459. The molecule has 0 spiro atoms. The van der Waals surface area contributed by atoms with Crippen LogP contribution in [0.25, 0.3) is 0 Å². The molecule has 2 aromatic carbocycles. The fourth-order valence-electron chi connectivity index (χ4n) is 2.91. The lowest BCUT2D eigenvalue weighted by atomic mass is 9.97. The van der Waals surface area contributed by atoms with Gasteiger partial charge in [-0.2, -0.15) is 12.6 Å². The molecule has 0 saturated carbocycles. The molecular formula is C20H21FN2O5S. The predicted octanol–water partition coefficient (Wildman–Crippen LogP) is 1.81. The molecule has 0 bridgehead atoms. The van der Waals surface area contributed by atoms with E-state index in [9.17, 15) is 29.0 Å². The fraction of sp³-hybridized carbons (Fsp3) is 0.250. The molecule has 29 heavy (non-hydrogen) atoms. The Bertz CT molecular complexity index is 863. The number of nitrogens with two attached hydrogens (primary N) is 1. The minimum atomic E-state index is -1.89. The monoisotopic (exact) mass is 420 g/mol. The van der Waals surface area contributed by atoms with E-state index in [1.165, 1.54) is 12.1 Å². The van der Waals surface area contributed by atoms with Gasteiger partial charge >= 0.3 is 11.9 Å². The van der Waals surface area contributed by atoms with Crippen molar-refractivity contribution < 1.29 is 29.0 Å². The molecule has 4 N–H and O–H groups in total. The molecule has 0 saturated heterocycles. The Labute approximate surface area is 172 Å². The number of hydrogen-bond donors (Lipinski definition) is 4. The van der Waals surface area contributed by atoms with Gasteiger partial charge in [-0.1, -0.05) is 30.3 Å². The number of nitrogens with zero attached hydrogens (tertiary/aromatic N) is 1. The summed E-state index contributed by atoms with van der Waals surface area (Å²) < 4.78 is 13.4. The van der Waals surface area contributed by atoms with Gasteiger partial charge in [0.15, 0.2) is 6.04 Å². The summed E-state index contributed by atoms with van der Waals surface area (Å²) >= 11 is 4.22. The van der Waals surface area contributed by atoms with Crippen LogP contribution >= 0.6 is 12.6 Å². The molecule has 1 amide bonds. The third-order valence-electron chi connectivity index (χ3n) is 4.39. The van der Waals surface area contributed by atoms with Gasteiger partial charge in [-0.05, 0) is 36.2 Å². The van der Waals surface area contributed by atoms with Crippen LogP contribution in [-0.2, 0) is 20.8 Å². The number of benzene rings is 2. The largest absolute Gasteiger partial charge is 0.480 e. The number of carboxylic acid groups (broad SMARTS) is 2. The van der Waals surface area contributed by atoms with Crippen molar-refractivity contribution in [3.63, 3.8) is 0 Å². The summed E-state index contributed by atoms with van der Waals surface area (Å²) in [5, 5.41) is 18.9. The Hall–Kier alpha value is -2.91. The average Bonchev–Trinajstić information content (AvgIpc) is 2.70. The van der Waals surface area contributed by atoms with Crippen molar-refractivity contribution in [2.45, 2.75) is 18.5 Å². The van der Waals surface area contributed by atoms with Crippen molar-refractivity contribution in [2.75, 3.05) is 10.7 Å². The Balaban J connectivity index is 2.49. The van der Waals surface area contributed by atoms with Gasteiger partial charge in [-0.15, -0.1) is 0 Å². The summed E-state index contributed by atoms with van der Waals surface area (Å²) in [5.74, 6) is -5.10. The van der Waals surface area contributed by atoms with Gasteiger partial charge in [0.05, 0.1) is 5.92 Å². The standard InChI is InChI=1S/C20H21FN2O5S/c21-14-6-8-15(9-7-14)23(17(20(27)28)16(22)19(25)26)18(24)13(11-29)10-12-4-2-1-3-5-12/h1-9,13,16-17,29H,10-11,22H2,(H,25,26)(H,27,28)/t13?,16-,17?/m0/s1. The maximum Gasteiger partial charge on any atom is 0.329 e. The highest BCUT2D eigenvalue weighted by molar-refractivity contribution is 7.80. The highest BCUT2D eigenvalue weighted by atomic mass is 32.1. The molecule has 7 nitrogen and oxygen atoms in total. The van der Waals surface area contributed by atoms with Crippen LogP contribution in [0.3, 0.4) is 0 Å². The van der Waals surface area contributed by atoms with Crippen LogP contribution in [0.5, 0.6) is 0 Å². The van der Waals surface area contributed by atoms with E-state index in [4.69, 9.17) is 5.73 Å². The number of carbonyl (C=O) groups excluding carboxylic acids is 1. The molecule has 0 aliphatic heterocycles. The Morgan fingerprint density at radius 1 is 1.00 bits per heavy atom. The maximum absolute atomic E-state index is 13.4. The molecule has 2 rings (SSSR count). The summed E-state index contributed by atoms with van der Waals surface area (Å²) in [6.07, 6.45) is 0.259. The number of carbonyl (C=O) groups is 3. The summed E-state index contributed by atoms with van der Waals surface area (Å²) in [6, 6.07) is 9.77. The number of anilines is 1. The van der Waals surface area contributed by atoms with Gasteiger partial charge in [-0.25, -0.2) is 9.18 Å². The predicted molar refractivity (Wildman–Crippen MR) is 108 cm³/mol. The summed E-state index contributed by atoms with van der Waals surface area (Å²) in [7, 11) is 0. The Kier molecular flexibility index (Phi) is 7.74. The molecule has 0 aromatic heterocycles. The fourth-order valence-corrected chi connectivity index (χ4v) is 3.20. The zero-order chi connectivity index (χ0) is 21.6. The van der Waals surface area contributed by atoms with Crippen LogP contribution in [0.1, 0.15) is 5.56 Å². The SMILES string of the molecule is N[C@H](C(=O)O)C(C(=O)O)N(C(=O)C(CS)Cc1ccccc1)c1ccc(F)cc1. The van der Waals surface area contributed by atoms with E-state index < -0.39 is 41.7 Å². The van der Waals surface area contributed by atoms with E-state index in [-0.39, 0.29) is 17.9 Å². The summed E-state index contributed by atoms with van der Waals surface area (Å²) in [6.45, 7) is 0. The van der Waals surface area contributed by atoms with Crippen molar-refractivity contribution in [1.29, 1.82) is 0 Å². The van der Waals surface area contributed by atoms with E-state index in [0.29, 0.717) is 0 Å². The second-order valence-corrected chi connectivity index (χ2v) is 6.77. The van der Waals surface area contributed by atoms with Crippen molar-refractivity contribution in [3.05, 3.63) is 66.0 Å². The second-order valence-electron chi connectivity index (χ2n) is 6.40. The number of amides is 1. The molecule has 0 aliphatic carbocycles. The maximum atomic E-state index is 13.4. The lowest BCUT2D eigenvalue weighted by molar-refractivity contribution is -0.147. The molecule has 0 fully saturated rings. The van der Waals surface area contributed by atoms with Gasteiger partial charge in [0.2, 0.25) is 5.91 Å². The van der Waals surface area contributed by atoms with Crippen molar-refractivity contribution in [3.8, 4) is 0 Å². The highest BCUT2D eigenvalue weighted by Gasteiger charge is 2.41. The van der Waals surface area contributed by atoms with Gasteiger partial charge in [-0.3, -0.25) is 14.5 Å². The molecule has 0 aliphatic rings. The lowest BCUT2D eigenvalue weighted by Gasteiger charge is -2.33. The smallest absolute Gasteiger partial charge is 0.329 e. The van der Waals surface area contributed by atoms with Crippen LogP contribution in [0, 0.1) is 11.7 Å². The van der Waals surface area contributed by atoms with Gasteiger partial charge < -0.3 is 15.9 Å². The number of carboxylic acids is 2. The third kappa shape index (κ3) is 5.55. The summed E-state index contributed by atoms with van der Waals surface area (Å²) in [5.41, 5.74) is 6.45. The topological polar surface area (TPSA) is 121 Å². The van der Waals surface area contributed by atoms with Gasteiger partial charge in [0.25, 0.3) is 0 Å². The molecule has 0 heterocycles. The van der Waals surface area contributed by atoms with Crippen molar-refractivity contribution in [2.24, 2.45) is 11.7 Å². The van der Waals surface area contributed by atoms with E-state index in [2.05, 4.69) is 12.6 Å². The van der Waals surface area contributed by atoms with E-state index in [0.717, 1.165) is 22.6 Å².